The van der Waals surface area contributed by atoms with Crippen LogP contribution in [0.5, 0.6) is 0 Å². The molecular formula is C8H20N2O2S. The predicted molar refractivity (Wildman–Crippen MR) is 54.5 cm³/mol. The molecule has 80 valence electrons. The van der Waals surface area contributed by atoms with Crippen LogP contribution in [0, 0.1) is 0 Å². The number of hydrogen-bond acceptors (Lipinski definition) is 2. The van der Waals surface area contributed by atoms with Gasteiger partial charge in [0, 0.05) is 13.6 Å². The number of nitrogens with two attached hydrogens (primary N) is 1. The smallest absolute Gasteiger partial charge is 0.216 e. The fourth-order valence-corrected chi connectivity index (χ4v) is 1.45. The van der Waals surface area contributed by atoms with Crippen molar-refractivity contribution < 1.29 is 8.42 Å². The van der Waals surface area contributed by atoms with Gasteiger partial charge in [0.2, 0.25) is 0 Å². The molecule has 0 aliphatic carbocycles. The first kappa shape index (κ1) is 12.9. The standard InChI is InChI=1S/C8H20N2O2S/c1-3-4-5-6-7-8-10(2)13(9,11)12/h3-8H2,1-2H3,(H2,9,11,12). The van der Waals surface area contributed by atoms with Crippen molar-refractivity contribution in [2.45, 2.75) is 39.0 Å². The van der Waals surface area contributed by atoms with Crippen molar-refractivity contribution >= 4 is 10.2 Å². The Morgan fingerprint density at radius 2 is 1.69 bits per heavy atom. The highest BCUT2D eigenvalue weighted by atomic mass is 32.2. The minimum absolute atomic E-state index is 0.530. The zero-order chi connectivity index (χ0) is 10.3. The molecule has 2 N–H and O–H groups in total. The van der Waals surface area contributed by atoms with Gasteiger partial charge in [-0.15, -0.1) is 0 Å². The Hall–Kier alpha value is -0.130. The van der Waals surface area contributed by atoms with Crippen LogP contribution in [-0.2, 0) is 10.2 Å². The molecule has 0 saturated heterocycles. The zero-order valence-electron chi connectivity index (χ0n) is 8.49. The van der Waals surface area contributed by atoms with Crippen LogP contribution >= 0.6 is 0 Å². The highest BCUT2D eigenvalue weighted by Crippen LogP contribution is 2.03. The van der Waals surface area contributed by atoms with Gasteiger partial charge in [-0.2, -0.15) is 12.7 Å². The van der Waals surface area contributed by atoms with E-state index in [4.69, 9.17) is 5.14 Å². The topological polar surface area (TPSA) is 63.4 Å². The van der Waals surface area contributed by atoms with E-state index in [-0.39, 0.29) is 0 Å². The molecule has 0 radical (unpaired) electrons. The monoisotopic (exact) mass is 208 g/mol. The van der Waals surface area contributed by atoms with Crippen molar-refractivity contribution in [1.82, 2.24) is 4.31 Å². The van der Waals surface area contributed by atoms with Gasteiger partial charge in [-0.05, 0) is 6.42 Å². The zero-order valence-corrected chi connectivity index (χ0v) is 9.31. The lowest BCUT2D eigenvalue weighted by Crippen LogP contribution is -2.33. The predicted octanol–water partition coefficient (Wildman–Crippen LogP) is 1.09. The van der Waals surface area contributed by atoms with E-state index in [0.717, 1.165) is 12.8 Å². The molecule has 0 fully saturated rings. The lowest BCUT2D eigenvalue weighted by atomic mass is 10.1. The van der Waals surface area contributed by atoms with Gasteiger partial charge in [0.15, 0.2) is 0 Å². The van der Waals surface area contributed by atoms with Crippen LogP contribution in [0.15, 0.2) is 0 Å². The van der Waals surface area contributed by atoms with Gasteiger partial charge in [-0.25, -0.2) is 5.14 Å². The molecule has 0 amide bonds. The van der Waals surface area contributed by atoms with Gasteiger partial charge in [0.05, 0.1) is 0 Å². The minimum atomic E-state index is -3.46. The highest BCUT2D eigenvalue weighted by molar-refractivity contribution is 7.86. The second-order valence-electron chi connectivity index (χ2n) is 3.28. The van der Waals surface area contributed by atoms with Crippen molar-refractivity contribution in [3.05, 3.63) is 0 Å². The van der Waals surface area contributed by atoms with Crippen LogP contribution < -0.4 is 5.14 Å². The summed E-state index contributed by atoms with van der Waals surface area (Å²) in [5.74, 6) is 0. The normalized spacial score (nSPS) is 12.3. The average molecular weight is 208 g/mol. The largest absolute Gasteiger partial charge is 0.276 e. The van der Waals surface area contributed by atoms with Crippen LogP contribution in [-0.4, -0.2) is 26.3 Å². The lowest BCUT2D eigenvalue weighted by molar-refractivity contribution is 0.451. The molecule has 0 rings (SSSR count). The third kappa shape index (κ3) is 6.98. The first-order chi connectivity index (χ1) is 5.98. The summed E-state index contributed by atoms with van der Waals surface area (Å²) in [5.41, 5.74) is 0. The maximum atomic E-state index is 10.8. The van der Waals surface area contributed by atoms with Crippen LogP contribution in [0.4, 0.5) is 0 Å². The number of unbranched alkanes of at least 4 members (excludes halogenated alkanes) is 4. The molecule has 0 aromatic rings. The van der Waals surface area contributed by atoms with E-state index in [1.807, 2.05) is 0 Å². The fourth-order valence-electron chi connectivity index (χ4n) is 1.07. The Balaban J connectivity index is 3.44. The average Bonchev–Trinajstić information content (AvgIpc) is 2.02. The summed E-state index contributed by atoms with van der Waals surface area (Å²) in [5, 5.41) is 4.92. The fraction of sp³-hybridized carbons (Fsp3) is 1.00. The van der Waals surface area contributed by atoms with Crippen molar-refractivity contribution in [3.8, 4) is 0 Å². The SMILES string of the molecule is CCCCCCCN(C)S(N)(=O)=O. The molecule has 5 heteroatoms. The van der Waals surface area contributed by atoms with Gasteiger partial charge in [-0.1, -0.05) is 32.6 Å². The van der Waals surface area contributed by atoms with E-state index in [0.29, 0.717) is 6.54 Å². The number of hydrogen-bond donors (Lipinski definition) is 1. The van der Waals surface area contributed by atoms with Gasteiger partial charge in [-0.3, -0.25) is 0 Å². The third-order valence-corrected chi connectivity index (χ3v) is 3.06. The Morgan fingerprint density at radius 3 is 2.15 bits per heavy atom. The van der Waals surface area contributed by atoms with E-state index in [9.17, 15) is 8.42 Å². The number of nitrogens with zero attached hydrogens (tertiary/aromatic N) is 1. The van der Waals surface area contributed by atoms with E-state index in [2.05, 4.69) is 6.92 Å². The first-order valence-electron chi connectivity index (χ1n) is 4.72. The van der Waals surface area contributed by atoms with Gasteiger partial charge in [0.25, 0.3) is 10.2 Å². The summed E-state index contributed by atoms with van der Waals surface area (Å²) in [4.78, 5) is 0. The lowest BCUT2D eigenvalue weighted by Gasteiger charge is -2.12. The summed E-state index contributed by atoms with van der Waals surface area (Å²) >= 11 is 0. The molecule has 0 aliphatic rings. The molecule has 0 atom stereocenters. The molecular weight excluding hydrogens is 188 g/mol. The Kier molecular flexibility index (Phi) is 6.28. The third-order valence-electron chi connectivity index (χ3n) is 2.01. The molecule has 4 nitrogen and oxygen atoms in total. The minimum Gasteiger partial charge on any atom is -0.216 e. The Labute approximate surface area is 81.3 Å². The molecule has 13 heavy (non-hydrogen) atoms. The molecule has 0 spiro atoms. The highest BCUT2D eigenvalue weighted by Gasteiger charge is 2.09. The van der Waals surface area contributed by atoms with Crippen LogP contribution in [0.1, 0.15) is 39.0 Å². The molecule has 0 heterocycles. The van der Waals surface area contributed by atoms with Crippen molar-refractivity contribution in [2.24, 2.45) is 5.14 Å². The second kappa shape index (κ2) is 6.34. The molecule has 0 bridgehead atoms. The van der Waals surface area contributed by atoms with Crippen molar-refractivity contribution in [3.63, 3.8) is 0 Å². The van der Waals surface area contributed by atoms with Crippen LogP contribution in [0.25, 0.3) is 0 Å². The molecule has 0 aromatic heterocycles. The Morgan fingerprint density at radius 1 is 1.15 bits per heavy atom. The van der Waals surface area contributed by atoms with E-state index >= 15 is 0 Å². The van der Waals surface area contributed by atoms with Crippen molar-refractivity contribution in [1.29, 1.82) is 0 Å². The molecule has 0 unspecified atom stereocenters. The summed E-state index contributed by atoms with van der Waals surface area (Å²) in [6, 6.07) is 0. The van der Waals surface area contributed by atoms with Crippen LogP contribution in [0.3, 0.4) is 0 Å². The quantitative estimate of drug-likeness (QED) is 0.637. The van der Waals surface area contributed by atoms with E-state index in [1.165, 1.54) is 30.6 Å². The van der Waals surface area contributed by atoms with Gasteiger partial charge in [0.1, 0.15) is 0 Å². The summed E-state index contributed by atoms with van der Waals surface area (Å²) in [6.45, 7) is 2.68. The molecule has 0 saturated carbocycles. The Bertz CT molecular complexity index is 214. The second-order valence-corrected chi connectivity index (χ2v) is 4.93. The van der Waals surface area contributed by atoms with Gasteiger partial charge >= 0.3 is 0 Å². The van der Waals surface area contributed by atoms with Crippen LogP contribution in [0.2, 0.25) is 0 Å². The maximum Gasteiger partial charge on any atom is 0.276 e. The van der Waals surface area contributed by atoms with Gasteiger partial charge < -0.3 is 0 Å². The van der Waals surface area contributed by atoms with E-state index in [1.54, 1.807) is 0 Å². The molecule has 0 aliphatic heterocycles. The number of rotatable bonds is 7. The summed E-state index contributed by atoms with van der Waals surface area (Å²) in [7, 11) is -1.95. The molecule has 0 aromatic carbocycles. The van der Waals surface area contributed by atoms with E-state index < -0.39 is 10.2 Å². The first-order valence-corrected chi connectivity index (χ1v) is 6.23. The maximum absolute atomic E-state index is 10.8. The van der Waals surface area contributed by atoms with Crippen molar-refractivity contribution in [2.75, 3.05) is 13.6 Å². The summed E-state index contributed by atoms with van der Waals surface area (Å²) < 4.78 is 22.7. The summed E-state index contributed by atoms with van der Waals surface area (Å²) in [6.07, 6.45) is 5.57.